The van der Waals surface area contributed by atoms with Gasteiger partial charge >= 0.3 is 5.97 Å². The fraction of sp³-hybridized carbons (Fsp3) is 0.350. The Morgan fingerprint density at radius 1 is 0.964 bits per heavy atom. The normalized spacial score (nSPS) is 15.2. The van der Waals surface area contributed by atoms with Crippen molar-refractivity contribution in [3.8, 4) is 5.75 Å². The molecule has 0 unspecified atom stereocenters. The van der Waals surface area contributed by atoms with Crippen molar-refractivity contribution >= 4 is 16.0 Å². The van der Waals surface area contributed by atoms with Crippen molar-refractivity contribution in [2.24, 2.45) is 0 Å². The second-order valence-electron chi connectivity index (χ2n) is 6.38. The number of sulfonamides is 1. The van der Waals surface area contributed by atoms with Crippen LogP contribution in [0.15, 0.2) is 53.4 Å². The van der Waals surface area contributed by atoms with Crippen LogP contribution in [0.3, 0.4) is 0 Å². The van der Waals surface area contributed by atoms with Gasteiger partial charge < -0.3 is 9.47 Å². The zero-order chi connectivity index (χ0) is 20.0. The Morgan fingerprint density at radius 2 is 1.64 bits per heavy atom. The lowest BCUT2D eigenvalue weighted by Gasteiger charge is -2.26. The van der Waals surface area contributed by atoms with Gasteiger partial charge in [-0.15, -0.1) is 0 Å². The monoisotopic (exact) mass is 407 g/mol. The zero-order valence-corrected chi connectivity index (χ0v) is 16.2. The van der Waals surface area contributed by atoms with Crippen LogP contribution in [0.5, 0.6) is 5.75 Å². The van der Waals surface area contributed by atoms with Gasteiger partial charge in [0.2, 0.25) is 10.0 Å². The number of para-hydroxylation sites is 1. The fourth-order valence-corrected chi connectivity index (χ4v) is 4.73. The third kappa shape index (κ3) is 4.69. The average molecular weight is 407 g/mol. The average Bonchev–Trinajstić information content (AvgIpc) is 2.73. The molecule has 1 heterocycles. The van der Waals surface area contributed by atoms with Crippen molar-refractivity contribution in [1.29, 1.82) is 0 Å². The number of hydrogen-bond acceptors (Lipinski definition) is 5. The predicted molar refractivity (Wildman–Crippen MR) is 101 cm³/mol. The first-order chi connectivity index (χ1) is 13.5. The van der Waals surface area contributed by atoms with Crippen molar-refractivity contribution in [2.45, 2.75) is 24.2 Å². The van der Waals surface area contributed by atoms with Crippen LogP contribution in [0, 0.1) is 5.82 Å². The molecule has 0 radical (unpaired) electrons. The van der Waals surface area contributed by atoms with E-state index in [0.29, 0.717) is 13.1 Å². The number of piperidine rings is 1. The summed E-state index contributed by atoms with van der Waals surface area (Å²) in [4.78, 5) is 12.4. The van der Waals surface area contributed by atoms with E-state index in [9.17, 15) is 17.6 Å². The SMILES string of the molecule is O=C(OCCOc1ccccc1F)c1ccccc1S(=O)(=O)N1CCCCC1. The van der Waals surface area contributed by atoms with Crippen molar-refractivity contribution in [2.75, 3.05) is 26.3 Å². The van der Waals surface area contributed by atoms with E-state index in [1.54, 1.807) is 24.3 Å². The lowest BCUT2D eigenvalue weighted by Crippen LogP contribution is -2.36. The van der Waals surface area contributed by atoms with Crippen LogP contribution in [-0.4, -0.2) is 45.0 Å². The third-order valence-corrected chi connectivity index (χ3v) is 6.41. The molecular formula is C20H22FNO5S. The van der Waals surface area contributed by atoms with E-state index >= 15 is 0 Å². The minimum atomic E-state index is -3.77. The van der Waals surface area contributed by atoms with Gasteiger partial charge in [0.1, 0.15) is 13.2 Å². The lowest BCUT2D eigenvalue weighted by molar-refractivity contribution is 0.0444. The molecule has 0 spiro atoms. The number of esters is 1. The molecule has 8 heteroatoms. The number of carbonyl (C=O) groups excluding carboxylic acids is 1. The summed E-state index contributed by atoms with van der Waals surface area (Å²) in [7, 11) is -3.77. The number of rotatable bonds is 7. The highest BCUT2D eigenvalue weighted by Crippen LogP contribution is 2.24. The molecule has 3 rings (SSSR count). The molecule has 0 amide bonds. The second kappa shape index (κ2) is 9.16. The number of hydrogen-bond donors (Lipinski definition) is 0. The summed E-state index contributed by atoms with van der Waals surface area (Å²) in [5, 5.41) is 0. The maximum absolute atomic E-state index is 13.5. The van der Waals surface area contributed by atoms with Gasteiger partial charge in [-0.05, 0) is 37.1 Å². The summed E-state index contributed by atoms with van der Waals surface area (Å²) < 4.78 is 51.1. The third-order valence-electron chi connectivity index (χ3n) is 4.45. The number of nitrogens with zero attached hydrogens (tertiary/aromatic N) is 1. The van der Waals surface area contributed by atoms with E-state index in [4.69, 9.17) is 9.47 Å². The molecule has 0 N–H and O–H groups in total. The Kier molecular flexibility index (Phi) is 6.64. The molecule has 1 aliphatic rings. The molecule has 2 aromatic carbocycles. The van der Waals surface area contributed by atoms with Gasteiger partial charge in [0.15, 0.2) is 11.6 Å². The van der Waals surface area contributed by atoms with E-state index < -0.39 is 21.8 Å². The van der Waals surface area contributed by atoms with Crippen LogP contribution in [0.4, 0.5) is 4.39 Å². The maximum atomic E-state index is 13.5. The van der Waals surface area contributed by atoms with Crippen LogP contribution < -0.4 is 4.74 Å². The first-order valence-electron chi connectivity index (χ1n) is 9.14. The Bertz CT molecular complexity index is 926. The molecule has 0 saturated carbocycles. The van der Waals surface area contributed by atoms with Gasteiger partial charge in [-0.3, -0.25) is 0 Å². The molecule has 150 valence electrons. The minimum absolute atomic E-state index is 0.0148. The molecule has 0 aromatic heterocycles. The van der Waals surface area contributed by atoms with Gasteiger partial charge in [-0.1, -0.05) is 30.7 Å². The van der Waals surface area contributed by atoms with E-state index in [-0.39, 0.29) is 29.4 Å². The molecule has 1 aliphatic heterocycles. The summed E-state index contributed by atoms with van der Waals surface area (Å²) in [6, 6.07) is 11.9. The minimum Gasteiger partial charge on any atom is -0.487 e. The van der Waals surface area contributed by atoms with Crippen molar-refractivity contribution in [1.82, 2.24) is 4.31 Å². The van der Waals surface area contributed by atoms with E-state index in [1.807, 2.05) is 0 Å². The van der Waals surface area contributed by atoms with Crippen LogP contribution >= 0.6 is 0 Å². The van der Waals surface area contributed by atoms with Crippen molar-refractivity contribution in [3.05, 3.63) is 59.9 Å². The quantitative estimate of drug-likeness (QED) is 0.520. The van der Waals surface area contributed by atoms with E-state index in [1.165, 1.54) is 28.6 Å². The van der Waals surface area contributed by atoms with Gasteiger partial charge in [0.25, 0.3) is 0 Å². The smallest absolute Gasteiger partial charge is 0.339 e. The molecule has 28 heavy (non-hydrogen) atoms. The molecule has 0 atom stereocenters. The van der Waals surface area contributed by atoms with Crippen molar-refractivity contribution in [3.63, 3.8) is 0 Å². The zero-order valence-electron chi connectivity index (χ0n) is 15.3. The highest BCUT2D eigenvalue weighted by atomic mass is 32.2. The molecule has 1 fully saturated rings. The molecule has 6 nitrogen and oxygen atoms in total. The standard InChI is InChI=1S/C20H22FNO5S/c21-17-9-3-4-10-18(17)26-14-15-27-20(23)16-8-2-5-11-19(16)28(24,25)22-12-6-1-7-13-22/h2-5,8-11H,1,6-7,12-15H2. The Morgan fingerprint density at radius 3 is 2.39 bits per heavy atom. The molecular weight excluding hydrogens is 385 g/mol. The topological polar surface area (TPSA) is 72.9 Å². The van der Waals surface area contributed by atoms with Gasteiger partial charge in [0, 0.05) is 13.1 Å². The van der Waals surface area contributed by atoms with Gasteiger partial charge in [-0.25, -0.2) is 17.6 Å². The van der Waals surface area contributed by atoms with Crippen LogP contribution in [0.25, 0.3) is 0 Å². The maximum Gasteiger partial charge on any atom is 0.339 e. The van der Waals surface area contributed by atoms with Gasteiger partial charge in [-0.2, -0.15) is 4.31 Å². The van der Waals surface area contributed by atoms with Crippen molar-refractivity contribution < 1.29 is 27.1 Å². The van der Waals surface area contributed by atoms with E-state index in [2.05, 4.69) is 0 Å². The molecule has 1 saturated heterocycles. The lowest BCUT2D eigenvalue weighted by atomic mass is 10.2. The predicted octanol–water partition coefficient (Wildman–Crippen LogP) is 3.24. The summed E-state index contributed by atoms with van der Waals surface area (Å²) in [5.41, 5.74) is -0.0148. The Balaban J connectivity index is 1.65. The first-order valence-corrected chi connectivity index (χ1v) is 10.6. The van der Waals surface area contributed by atoms with Crippen LogP contribution in [-0.2, 0) is 14.8 Å². The molecule has 0 bridgehead atoms. The number of benzene rings is 2. The van der Waals surface area contributed by atoms with Crippen LogP contribution in [0.1, 0.15) is 29.6 Å². The second-order valence-corrected chi connectivity index (χ2v) is 8.28. The highest BCUT2D eigenvalue weighted by Gasteiger charge is 2.30. The fourth-order valence-electron chi connectivity index (χ4n) is 3.03. The number of ether oxygens (including phenoxy) is 2. The summed E-state index contributed by atoms with van der Waals surface area (Å²) in [5.74, 6) is -1.20. The summed E-state index contributed by atoms with van der Waals surface area (Å²) in [6.45, 7) is 0.712. The first kappa shape index (κ1) is 20.3. The number of halogens is 1. The summed E-state index contributed by atoms with van der Waals surface area (Å²) >= 11 is 0. The highest BCUT2D eigenvalue weighted by molar-refractivity contribution is 7.89. The molecule has 2 aromatic rings. The largest absolute Gasteiger partial charge is 0.487 e. The van der Waals surface area contributed by atoms with Crippen LogP contribution in [0.2, 0.25) is 0 Å². The molecule has 0 aliphatic carbocycles. The Labute approximate surface area is 163 Å². The summed E-state index contributed by atoms with van der Waals surface area (Å²) in [6.07, 6.45) is 2.61. The number of carbonyl (C=O) groups is 1. The Hall–Kier alpha value is -2.45. The van der Waals surface area contributed by atoms with E-state index in [0.717, 1.165) is 19.3 Å². The van der Waals surface area contributed by atoms with Gasteiger partial charge in [0.05, 0.1) is 10.5 Å².